The third-order valence-corrected chi connectivity index (χ3v) is 6.23. The molecule has 3 rings (SSSR count). The SMILES string of the molecule is CC1CCCC(CO)(NC(=O)c2cc3sccc3s2)C1. The number of carbonyl (C=O) groups is 1. The largest absolute Gasteiger partial charge is 0.394 e. The van der Waals surface area contributed by atoms with Gasteiger partial charge in [0.25, 0.3) is 5.91 Å². The van der Waals surface area contributed by atoms with Gasteiger partial charge in [-0.1, -0.05) is 19.8 Å². The van der Waals surface area contributed by atoms with Gasteiger partial charge in [-0.15, -0.1) is 22.7 Å². The third kappa shape index (κ3) is 2.62. The van der Waals surface area contributed by atoms with E-state index in [-0.39, 0.29) is 12.5 Å². The molecule has 2 heterocycles. The second-order valence-corrected chi connectivity index (χ2v) is 7.89. The van der Waals surface area contributed by atoms with Crippen molar-refractivity contribution in [1.29, 1.82) is 0 Å². The number of rotatable bonds is 3. The zero-order chi connectivity index (χ0) is 14.2. The van der Waals surface area contributed by atoms with Crippen LogP contribution in [0.25, 0.3) is 9.40 Å². The smallest absolute Gasteiger partial charge is 0.261 e. The topological polar surface area (TPSA) is 49.3 Å². The standard InChI is InChI=1S/C15H19NO2S2/c1-10-3-2-5-15(8-10,9-17)16-14(18)13-7-12-11(20-13)4-6-19-12/h4,6-7,10,17H,2-3,5,8-9H2,1H3,(H,16,18). The Labute approximate surface area is 126 Å². The molecule has 1 amide bonds. The maximum atomic E-state index is 12.4. The highest BCUT2D eigenvalue weighted by atomic mass is 32.1. The molecule has 0 spiro atoms. The van der Waals surface area contributed by atoms with Crippen molar-refractivity contribution in [3.63, 3.8) is 0 Å². The van der Waals surface area contributed by atoms with Gasteiger partial charge in [-0.25, -0.2) is 0 Å². The second kappa shape index (κ2) is 5.47. The highest BCUT2D eigenvalue weighted by Crippen LogP contribution is 2.34. The van der Waals surface area contributed by atoms with Crippen LogP contribution in [0.5, 0.6) is 0 Å². The molecule has 5 heteroatoms. The molecule has 0 saturated heterocycles. The van der Waals surface area contributed by atoms with E-state index in [1.807, 2.05) is 17.5 Å². The number of hydrogen-bond acceptors (Lipinski definition) is 4. The number of amides is 1. The maximum absolute atomic E-state index is 12.4. The molecule has 0 bridgehead atoms. The molecule has 1 aliphatic carbocycles. The number of thiophene rings is 2. The summed E-state index contributed by atoms with van der Waals surface area (Å²) in [5.74, 6) is 0.518. The van der Waals surface area contributed by atoms with Crippen LogP contribution in [-0.4, -0.2) is 23.2 Å². The van der Waals surface area contributed by atoms with E-state index in [1.165, 1.54) is 17.8 Å². The van der Waals surface area contributed by atoms with Crippen molar-refractivity contribution in [2.45, 2.75) is 38.1 Å². The third-order valence-electron chi connectivity index (χ3n) is 4.14. The van der Waals surface area contributed by atoms with Gasteiger partial charge in [0, 0.05) is 9.40 Å². The van der Waals surface area contributed by atoms with Crippen LogP contribution < -0.4 is 5.32 Å². The van der Waals surface area contributed by atoms with Crippen molar-refractivity contribution in [3.05, 3.63) is 22.4 Å². The second-order valence-electron chi connectivity index (χ2n) is 5.85. The van der Waals surface area contributed by atoms with Crippen LogP contribution in [0.4, 0.5) is 0 Å². The molecule has 2 atom stereocenters. The highest BCUT2D eigenvalue weighted by Gasteiger charge is 2.36. The van der Waals surface area contributed by atoms with Crippen molar-refractivity contribution in [1.82, 2.24) is 5.32 Å². The lowest BCUT2D eigenvalue weighted by molar-refractivity contribution is 0.0700. The highest BCUT2D eigenvalue weighted by molar-refractivity contribution is 7.27. The molecule has 1 aliphatic rings. The molecule has 2 aromatic rings. The van der Waals surface area contributed by atoms with Crippen LogP contribution in [-0.2, 0) is 0 Å². The van der Waals surface area contributed by atoms with Gasteiger partial charge < -0.3 is 10.4 Å². The maximum Gasteiger partial charge on any atom is 0.261 e. The Morgan fingerprint density at radius 3 is 3.10 bits per heavy atom. The fourth-order valence-corrected chi connectivity index (χ4v) is 5.14. The Morgan fingerprint density at radius 2 is 2.40 bits per heavy atom. The van der Waals surface area contributed by atoms with Gasteiger partial charge in [0.15, 0.2) is 0 Å². The van der Waals surface area contributed by atoms with E-state index >= 15 is 0 Å². The summed E-state index contributed by atoms with van der Waals surface area (Å²) < 4.78 is 2.32. The summed E-state index contributed by atoms with van der Waals surface area (Å²) in [4.78, 5) is 13.2. The Balaban J connectivity index is 1.78. The molecule has 0 aromatic carbocycles. The zero-order valence-corrected chi connectivity index (χ0v) is 13.1. The number of hydrogen-bond donors (Lipinski definition) is 2. The number of nitrogens with one attached hydrogen (secondary N) is 1. The quantitative estimate of drug-likeness (QED) is 0.909. The van der Waals surface area contributed by atoms with Gasteiger partial charge in [0.2, 0.25) is 0 Å². The minimum atomic E-state index is -0.424. The van der Waals surface area contributed by atoms with E-state index in [2.05, 4.69) is 12.2 Å². The molecule has 2 N–H and O–H groups in total. The van der Waals surface area contributed by atoms with Gasteiger partial charge >= 0.3 is 0 Å². The molecule has 108 valence electrons. The van der Waals surface area contributed by atoms with Gasteiger partial charge in [-0.2, -0.15) is 0 Å². The van der Waals surface area contributed by atoms with Gasteiger partial charge in [-0.05, 0) is 36.3 Å². The van der Waals surface area contributed by atoms with E-state index in [4.69, 9.17) is 0 Å². The first-order chi connectivity index (χ1) is 9.62. The Morgan fingerprint density at radius 1 is 1.55 bits per heavy atom. The van der Waals surface area contributed by atoms with Crippen molar-refractivity contribution >= 4 is 38.0 Å². The van der Waals surface area contributed by atoms with Gasteiger partial charge in [-0.3, -0.25) is 4.79 Å². The van der Waals surface area contributed by atoms with Crippen LogP contribution in [0, 0.1) is 5.92 Å². The van der Waals surface area contributed by atoms with E-state index in [0.29, 0.717) is 5.92 Å². The molecule has 1 fully saturated rings. The number of aliphatic hydroxyl groups excluding tert-OH is 1. The summed E-state index contributed by atoms with van der Waals surface area (Å²) in [6.07, 6.45) is 4.00. The molecule has 1 saturated carbocycles. The predicted octanol–water partition coefficient (Wildman–Crippen LogP) is 3.63. The van der Waals surface area contributed by atoms with Crippen molar-refractivity contribution in [3.8, 4) is 0 Å². The van der Waals surface area contributed by atoms with E-state index in [9.17, 15) is 9.90 Å². The zero-order valence-electron chi connectivity index (χ0n) is 11.5. The lowest BCUT2D eigenvalue weighted by atomic mass is 9.77. The average Bonchev–Trinajstić information content (AvgIpc) is 2.99. The summed E-state index contributed by atoms with van der Waals surface area (Å²) in [6.45, 7) is 2.22. The minimum absolute atomic E-state index is 0.0306. The lowest BCUT2D eigenvalue weighted by Crippen LogP contribution is -2.53. The van der Waals surface area contributed by atoms with E-state index in [0.717, 1.165) is 33.5 Å². The Hall–Kier alpha value is -0.910. The molecular weight excluding hydrogens is 290 g/mol. The molecule has 2 aromatic heterocycles. The minimum Gasteiger partial charge on any atom is -0.394 e. The summed E-state index contributed by atoms with van der Waals surface area (Å²) in [5.41, 5.74) is -0.424. The molecule has 0 aliphatic heterocycles. The van der Waals surface area contributed by atoms with Gasteiger partial charge in [0.05, 0.1) is 17.0 Å². The fraction of sp³-hybridized carbons (Fsp3) is 0.533. The first kappa shape index (κ1) is 14.0. The molecular formula is C15H19NO2S2. The normalized spacial score (nSPS) is 26.8. The Bertz CT molecular complexity index is 590. The van der Waals surface area contributed by atoms with Crippen LogP contribution in [0.3, 0.4) is 0 Å². The molecule has 20 heavy (non-hydrogen) atoms. The first-order valence-corrected chi connectivity index (χ1v) is 8.72. The van der Waals surface area contributed by atoms with Crippen molar-refractivity contribution in [2.75, 3.05) is 6.61 Å². The summed E-state index contributed by atoms with van der Waals surface area (Å²) in [5, 5.41) is 14.9. The first-order valence-electron chi connectivity index (χ1n) is 7.02. The predicted molar refractivity (Wildman–Crippen MR) is 84.6 cm³/mol. The van der Waals surface area contributed by atoms with Crippen LogP contribution in [0.2, 0.25) is 0 Å². The molecule has 3 nitrogen and oxygen atoms in total. The van der Waals surface area contributed by atoms with Crippen molar-refractivity contribution < 1.29 is 9.90 Å². The van der Waals surface area contributed by atoms with Crippen molar-refractivity contribution in [2.24, 2.45) is 5.92 Å². The monoisotopic (exact) mass is 309 g/mol. The van der Waals surface area contributed by atoms with E-state index < -0.39 is 5.54 Å². The number of carbonyl (C=O) groups excluding carboxylic acids is 1. The van der Waals surface area contributed by atoms with Crippen LogP contribution in [0.1, 0.15) is 42.3 Å². The summed E-state index contributed by atoms with van der Waals surface area (Å²) in [6, 6.07) is 4.00. The molecule has 0 radical (unpaired) electrons. The average molecular weight is 309 g/mol. The van der Waals surface area contributed by atoms with Gasteiger partial charge in [0.1, 0.15) is 0 Å². The van der Waals surface area contributed by atoms with Crippen LogP contribution in [0.15, 0.2) is 17.5 Å². The summed E-state index contributed by atoms with van der Waals surface area (Å²) >= 11 is 3.19. The number of fused-ring (bicyclic) bond motifs is 1. The Kier molecular flexibility index (Phi) is 3.84. The van der Waals surface area contributed by atoms with Crippen LogP contribution >= 0.6 is 22.7 Å². The molecule has 2 unspecified atom stereocenters. The lowest BCUT2D eigenvalue weighted by Gasteiger charge is -2.39. The van der Waals surface area contributed by atoms with E-state index in [1.54, 1.807) is 11.3 Å². The fourth-order valence-electron chi connectivity index (χ4n) is 3.14. The number of aliphatic hydroxyl groups is 1. The summed E-state index contributed by atoms with van der Waals surface area (Å²) in [7, 11) is 0.